The fourth-order valence-corrected chi connectivity index (χ4v) is 3.04. The molecule has 7 nitrogen and oxygen atoms in total. The second kappa shape index (κ2) is 6.91. The standard InChI is InChI=1S/C16H20F2N4O3/c17-16(18)2-5-21(6-3-16)15(24)13-10-22(7-8-25-13)11-1-4-20-12(9-11)14(19)23/h1,4,9,13H,2-3,5-8,10H2,(H2,19,23). The van der Waals surface area contributed by atoms with E-state index in [0.717, 1.165) is 5.69 Å². The zero-order chi connectivity index (χ0) is 18.0. The van der Waals surface area contributed by atoms with Crippen molar-refractivity contribution in [3.05, 3.63) is 24.0 Å². The van der Waals surface area contributed by atoms with Gasteiger partial charge in [0.05, 0.1) is 13.2 Å². The van der Waals surface area contributed by atoms with Crippen LogP contribution < -0.4 is 10.6 Å². The smallest absolute Gasteiger partial charge is 0.267 e. The van der Waals surface area contributed by atoms with Crippen molar-refractivity contribution in [2.75, 3.05) is 37.7 Å². The number of carbonyl (C=O) groups is 2. The molecule has 2 saturated heterocycles. The minimum Gasteiger partial charge on any atom is -0.366 e. The van der Waals surface area contributed by atoms with E-state index in [1.807, 2.05) is 4.90 Å². The number of nitrogens with two attached hydrogens (primary N) is 1. The van der Waals surface area contributed by atoms with Crippen LogP contribution in [-0.2, 0) is 9.53 Å². The van der Waals surface area contributed by atoms with E-state index in [-0.39, 0.29) is 44.1 Å². The van der Waals surface area contributed by atoms with Gasteiger partial charge in [0.2, 0.25) is 0 Å². The monoisotopic (exact) mass is 354 g/mol. The van der Waals surface area contributed by atoms with E-state index in [1.165, 1.54) is 11.1 Å². The first-order valence-electron chi connectivity index (χ1n) is 8.15. The molecule has 0 spiro atoms. The Morgan fingerprint density at radius 2 is 2.00 bits per heavy atom. The second-order valence-corrected chi connectivity index (χ2v) is 6.25. The van der Waals surface area contributed by atoms with E-state index >= 15 is 0 Å². The van der Waals surface area contributed by atoms with Crippen LogP contribution in [0.25, 0.3) is 0 Å². The summed E-state index contributed by atoms with van der Waals surface area (Å²) in [6, 6.07) is 3.29. The Labute approximate surface area is 143 Å². The molecule has 3 heterocycles. The maximum absolute atomic E-state index is 13.2. The highest BCUT2D eigenvalue weighted by Gasteiger charge is 2.38. The molecule has 1 aromatic heterocycles. The van der Waals surface area contributed by atoms with Crippen molar-refractivity contribution in [3.8, 4) is 0 Å². The minimum atomic E-state index is -2.70. The highest BCUT2D eigenvalue weighted by Crippen LogP contribution is 2.28. The predicted octanol–water partition coefficient (Wildman–Crippen LogP) is 0.643. The highest BCUT2D eigenvalue weighted by molar-refractivity contribution is 5.91. The second-order valence-electron chi connectivity index (χ2n) is 6.25. The molecular formula is C16H20F2N4O3. The van der Waals surface area contributed by atoms with Crippen molar-refractivity contribution in [3.63, 3.8) is 0 Å². The molecule has 1 atom stereocenters. The molecule has 9 heteroatoms. The third-order valence-electron chi connectivity index (χ3n) is 4.51. The fourth-order valence-electron chi connectivity index (χ4n) is 3.04. The van der Waals surface area contributed by atoms with Crippen molar-refractivity contribution in [2.24, 2.45) is 5.73 Å². The number of aromatic nitrogens is 1. The van der Waals surface area contributed by atoms with E-state index in [2.05, 4.69) is 4.98 Å². The Bertz CT molecular complexity index is 661. The number of hydrogen-bond donors (Lipinski definition) is 1. The van der Waals surface area contributed by atoms with Gasteiger partial charge in [0.15, 0.2) is 6.10 Å². The molecule has 0 bridgehead atoms. The number of hydrogen-bond acceptors (Lipinski definition) is 5. The molecule has 1 unspecified atom stereocenters. The lowest BCUT2D eigenvalue weighted by atomic mass is 10.1. The summed E-state index contributed by atoms with van der Waals surface area (Å²) in [5.74, 6) is -3.60. The van der Waals surface area contributed by atoms with Crippen LogP contribution in [0.1, 0.15) is 23.3 Å². The number of piperidine rings is 1. The van der Waals surface area contributed by atoms with Crippen molar-refractivity contribution in [1.29, 1.82) is 0 Å². The van der Waals surface area contributed by atoms with Crippen LogP contribution in [0, 0.1) is 0 Å². The predicted molar refractivity (Wildman–Crippen MR) is 85.5 cm³/mol. The maximum Gasteiger partial charge on any atom is 0.267 e. The van der Waals surface area contributed by atoms with Crippen LogP contribution in [0.4, 0.5) is 14.5 Å². The van der Waals surface area contributed by atoms with Crippen molar-refractivity contribution in [2.45, 2.75) is 24.9 Å². The molecule has 0 saturated carbocycles. The average molecular weight is 354 g/mol. The van der Waals surface area contributed by atoms with E-state index < -0.39 is 17.9 Å². The summed E-state index contributed by atoms with van der Waals surface area (Å²) in [7, 11) is 0. The molecule has 25 heavy (non-hydrogen) atoms. The van der Waals surface area contributed by atoms with Crippen LogP contribution in [0.2, 0.25) is 0 Å². The van der Waals surface area contributed by atoms with Gasteiger partial charge in [0.1, 0.15) is 5.69 Å². The SMILES string of the molecule is NC(=O)c1cc(N2CCOC(C(=O)N3CCC(F)(F)CC3)C2)ccn1. The first-order chi connectivity index (χ1) is 11.9. The number of morpholine rings is 1. The van der Waals surface area contributed by atoms with Gasteiger partial charge >= 0.3 is 0 Å². The van der Waals surface area contributed by atoms with Crippen LogP contribution in [0.15, 0.2) is 18.3 Å². The maximum atomic E-state index is 13.2. The molecule has 2 aliphatic heterocycles. The Kier molecular flexibility index (Phi) is 4.85. The summed E-state index contributed by atoms with van der Waals surface area (Å²) in [5.41, 5.74) is 6.10. The molecule has 2 aliphatic rings. The van der Waals surface area contributed by atoms with E-state index in [4.69, 9.17) is 10.5 Å². The molecular weight excluding hydrogens is 334 g/mol. The zero-order valence-corrected chi connectivity index (χ0v) is 13.7. The third kappa shape index (κ3) is 4.04. The number of pyridine rings is 1. The average Bonchev–Trinajstić information content (AvgIpc) is 2.61. The number of anilines is 1. The van der Waals surface area contributed by atoms with Crippen LogP contribution in [-0.4, -0.2) is 66.5 Å². The number of amides is 2. The highest BCUT2D eigenvalue weighted by atomic mass is 19.3. The lowest BCUT2D eigenvalue weighted by molar-refractivity contribution is -0.150. The van der Waals surface area contributed by atoms with Gasteiger partial charge in [-0.3, -0.25) is 14.6 Å². The van der Waals surface area contributed by atoms with Gasteiger partial charge < -0.3 is 20.3 Å². The quantitative estimate of drug-likeness (QED) is 0.861. The first kappa shape index (κ1) is 17.5. The van der Waals surface area contributed by atoms with Gasteiger partial charge in [0, 0.05) is 44.4 Å². The van der Waals surface area contributed by atoms with E-state index in [0.29, 0.717) is 13.2 Å². The zero-order valence-electron chi connectivity index (χ0n) is 13.7. The topological polar surface area (TPSA) is 88.8 Å². The van der Waals surface area contributed by atoms with E-state index in [1.54, 1.807) is 12.1 Å². The summed E-state index contributed by atoms with van der Waals surface area (Å²) in [6.07, 6.45) is 0.128. The van der Waals surface area contributed by atoms with Gasteiger partial charge in [0.25, 0.3) is 17.7 Å². The number of halogens is 2. The number of likely N-dealkylation sites (tertiary alicyclic amines) is 1. The van der Waals surface area contributed by atoms with Gasteiger partial charge in [-0.25, -0.2) is 8.78 Å². The van der Waals surface area contributed by atoms with Gasteiger partial charge in [-0.2, -0.15) is 0 Å². The van der Waals surface area contributed by atoms with Crippen LogP contribution in [0.5, 0.6) is 0 Å². The van der Waals surface area contributed by atoms with E-state index in [9.17, 15) is 18.4 Å². The summed E-state index contributed by atoms with van der Waals surface area (Å²) in [4.78, 5) is 31.1. The molecule has 2 fully saturated rings. The molecule has 2 N–H and O–H groups in total. The fraction of sp³-hybridized carbons (Fsp3) is 0.562. The number of rotatable bonds is 3. The molecule has 1 aromatic rings. The number of nitrogens with zero attached hydrogens (tertiary/aromatic N) is 3. The Morgan fingerprint density at radius 1 is 1.28 bits per heavy atom. The molecule has 0 aliphatic carbocycles. The Hall–Kier alpha value is -2.29. The lowest BCUT2D eigenvalue weighted by Crippen LogP contribution is -2.53. The van der Waals surface area contributed by atoms with Gasteiger partial charge in [-0.15, -0.1) is 0 Å². The molecule has 136 valence electrons. The number of alkyl halides is 2. The van der Waals surface area contributed by atoms with Crippen molar-refractivity contribution >= 4 is 17.5 Å². The van der Waals surface area contributed by atoms with Crippen molar-refractivity contribution in [1.82, 2.24) is 9.88 Å². The molecule has 0 radical (unpaired) electrons. The summed E-state index contributed by atoms with van der Waals surface area (Å²) >= 11 is 0. The minimum absolute atomic E-state index is 0.0345. The lowest BCUT2D eigenvalue weighted by Gasteiger charge is -2.38. The Morgan fingerprint density at radius 3 is 2.68 bits per heavy atom. The van der Waals surface area contributed by atoms with Crippen LogP contribution >= 0.6 is 0 Å². The molecule has 3 rings (SSSR count). The van der Waals surface area contributed by atoms with Gasteiger partial charge in [-0.05, 0) is 12.1 Å². The summed E-state index contributed by atoms with van der Waals surface area (Å²) in [6.45, 7) is 1.23. The largest absolute Gasteiger partial charge is 0.366 e. The number of primary amides is 1. The Balaban J connectivity index is 1.66. The molecule has 2 amide bonds. The first-order valence-corrected chi connectivity index (χ1v) is 8.15. The van der Waals surface area contributed by atoms with Gasteiger partial charge in [-0.1, -0.05) is 0 Å². The summed E-state index contributed by atoms with van der Waals surface area (Å²) in [5, 5.41) is 0. The summed E-state index contributed by atoms with van der Waals surface area (Å²) < 4.78 is 32.0. The molecule has 0 aromatic carbocycles. The number of ether oxygens (including phenoxy) is 1. The normalized spacial score (nSPS) is 23.4. The van der Waals surface area contributed by atoms with Crippen molar-refractivity contribution < 1.29 is 23.1 Å². The third-order valence-corrected chi connectivity index (χ3v) is 4.51. The van der Waals surface area contributed by atoms with Crippen LogP contribution in [0.3, 0.4) is 0 Å². The number of carbonyl (C=O) groups excluding carboxylic acids is 2.